The quantitative estimate of drug-likeness (QED) is 0.791. The molecule has 3 rings (SSSR count). The van der Waals surface area contributed by atoms with Crippen molar-refractivity contribution in [1.82, 2.24) is 9.29 Å². The number of nitrogens with one attached hydrogen (secondary N) is 1. The van der Waals surface area contributed by atoms with Gasteiger partial charge in [0.2, 0.25) is 10.0 Å². The lowest BCUT2D eigenvalue weighted by atomic mass is 9.80. The lowest BCUT2D eigenvalue weighted by Crippen LogP contribution is -2.49. The molecule has 1 aromatic heterocycles. The van der Waals surface area contributed by atoms with Crippen LogP contribution in [0, 0.1) is 0 Å². The molecule has 1 heterocycles. The van der Waals surface area contributed by atoms with Crippen molar-refractivity contribution in [3.8, 4) is 0 Å². The third kappa shape index (κ3) is 2.88. The molecule has 0 unspecified atom stereocenters. The first-order valence-corrected chi connectivity index (χ1v) is 8.84. The van der Waals surface area contributed by atoms with Gasteiger partial charge in [-0.1, -0.05) is 0 Å². The molecule has 0 saturated heterocycles. The highest BCUT2D eigenvalue weighted by molar-refractivity contribution is 7.89. The molecule has 0 bridgehead atoms. The van der Waals surface area contributed by atoms with Crippen LogP contribution < -0.4 is 4.72 Å². The fourth-order valence-corrected chi connectivity index (χ4v) is 3.96. The standard InChI is InChI=1S/C14H22N2O4S/c1-20-14(5-2-6-14)10-15-21(18,19)13-7-12(9-17)16(8-13)11-3-4-11/h7-8,11,15,17H,2-6,9-10H2,1H3. The second-order valence-corrected chi connectivity index (χ2v) is 7.80. The molecule has 0 aromatic carbocycles. The predicted octanol–water partition coefficient (Wildman–Crippen LogP) is 1.16. The van der Waals surface area contributed by atoms with Crippen LogP contribution in [0.3, 0.4) is 0 Å². The molecule has 0 spiro atoms. The van der Waals surface area contributed by atoms with Crippen molar-refractivity contribution in [3.05, 3.63) is 18.0 Å². The molecule has 2 aliphatic rings. The normalized spacial score (nSPS) is 21.2. The van der Waals surface area contributed by atoms with Crippen molar-refractivity contribution in [2.45, 2.75) is 55.2 Å². The summed E-state index contributed by atoms with van der Waals surface area (Å²) in [5.74, 6) is 0. The molecule has 0 atom stereocenters. The van der Waals surface area contributed by atoms with Crippen molar-refractivity contribution in [1.29, 1.82) is 0 Å². The third-order valence-electron chi connectivity index (χ3n) is 4.60. The molecular weight excluding hydrogens is 292 g/mol. The maximum absolute atomic E-state index is 12.4. The third-order valence-corrected chi connectivity index (χ3v) is 5.97. The number of hydrogen-bond donors (Lipinski definition) is 2. The minimum atomic E-state index is -3.56. The van der Waals surface area contributed by atoms with E-state index in [-0.39, 0.29) is 17.1 Å². The van der Waals surface area contributed by atoms with Gasteiger partial charge in [0.1, 0.15) is 0 Å². The zero-order chi connectivity index (χ0) is 15.1. The van der Waals surface area contributed by atoms with Gasteiger partial charge < -0.3 is 14.4 Å². The lowest BCUT2D eigenvalue weighted by Gasteiger charge is -2.40. The molecule has 0 amide bonds. The van der Waals surface area contributed by atoms with E-state index in [1.165, 1.54) is 0 Å². The number of aliphatic hydroxyl groups is 1. The Morgan fingerprint density at radius 1 is 1.48 bits per heavy atom. The van der Waals surface area contributed by atoms with Gasteiger partial charge in [0.05, 0.1) is 17.1 Å². The van der Waals surface area contributed by atoms with Crippen molar-refractivity contribution >= 4 is 10.0 Å². The average molecular weight is 314 g/mol. The summed E-state index contributed by atoms with van der Waals surface area (Å²) in [7, 11) is -1.93. The Balaban J connectivity index is 1.75. The average Bonchev–Trinajstić information content (AvgIpc) is 3.16. The van der Waals surface area contributed by atoms with Gasteiger partial charge in [0, 0.05) is 31.6 Å². The molecule has 7 heteroatoms. The molecule has 1 aromatic rings. The topological polar surface area (TPSA) is 80.6 Å². The molecule has 2 aliphatic carbocycles. The second-order valence-electron chi connectivity index (χ2n) is 6.03. The summed E-state index contributed by atoms with van der Waals surface area (Å²) in [6.45, 7) is 0.156. The summed E-state index contributed by atoms with van der Waals surface area (Å²) in [5.41, 5.74) is 0.314. The van der Waals surface area contributed by atoms with Crippen LogP contribution in [0.5, 0.6) is 0 Å². The van der Waals surface area contributed by atoms with Gasteiger partial charge in [-0.15, -0.1) is 0 Å². The number of sulfonamides is 1. The Morgan fingerprint density at radius 2 is 2.19 bits per heavy atom. The van der Waals surface area contributed by atoms with Crippen molar-refractivity contribution in [2.24, 2.45) is 0 Å². The second kappa shape index (κ2) is 5.39. The van der Waals surface area contributed by atoms with Gasteiger partial charge in [-0.2, -0.15) is 0 Å². The first-order valence-electron chi connectivity index (χ1n) is 7.36. The van der Waals surface area contributed by atoms with Gasteiger partial charge in [0.15, 0.2) is 0 Å². The van der Waals surface area contributed by atoms with E-state index in [2.05, 4.69) is 4.72 Å². The maximum atomic E-state index is 12.4. The van der Waals surface area contributed by atoms with Crippen LogP contribution in [-0.4, -0.2) is 37.3 Å². The summed E-state index contributed by atoms with van der Waals surface area (Å²) in [6, 6.07) is 1.90. The Morgan fingerprint density at radius 3 is 2.67 bits per heavy atom. The molecule has 6 nitrogen and oxygen atoms in total. The minimum Gasteiger partial charge on any atom is -0.390 e. The number of hydrogen-bond acceptors (Lipinski definition) is 4. The van der Waals surface area contributed by atoms with E-state index in [1.54, 1.807) is 19.4 Å². The van der Waals surface area contributed by atoms with Crippen molar-refractivity contribution < 1.29 is 18.3 Å². The van der Waals surface area contributed by atoms with E-state index in [0.29, 0.717) is 18.3 Å². The van der Waals surface area contributed by atoms with Crippen LogP contribution in [0.15, 0.2) is 17.2 Å². The van der Waals surface area contributed by atoms with Gasteiger partial charge in [-0.3, -0.25) is 0 Å². The van der Waals surface area contributed by atoms with E-state index >= 15 is 0 Å². The molecule has 2 fully saturated rings. The number of aromatic nitrogens is 1. The van der Waals surface area contributed by atoms with Crippen molar-refractivity contribution in [3.63, 3.8) is 0 Å². The lowest BCUT2D eigenvalue weighted by molar-refractivity contribution is -0.0659. The van der Waals surface area contributed by atoms with Gasteiger partial charge in [-0.25, -0.2) is 13.1 Å². The van der Waals surface area contributed by atoms with Crippen LogP contribution in [0.25, 0.3) is 0 Å². The number of aliphatic hydroxyl groups excluding tert-OH is 1. The Kier molecular flexibility index (Phi) is 3.85. The molecule has 2 saturated carbocycles. The zero-order valence-corrected chi connectivity index (χ0v) is 13.0. The van der Waals surface area contributed by atoms with Crippen LogP contribution in [-0.2, 0) is 21.4 Å². The van der Waals surface area contributed by atoms with Crippen LogP contribution in [0.4, 0.5) is 0 Å². The highest BCUT2D eigenvalue weighted by Gasteiger charge is 2.38. The molecule has 118 valence electrons. The fourth-order valence-electron chi connectivity index (χ4n) is 2.80. The Labute approximate surface area is 125 Å². The monoisotopic (exact) mass is 314 g/mol. The zero-order valence-electron chi connectivity index (χ0n) is 12.2. The van der Waals surface area contributed by atoms with E-state index in [4.69, 9.17) is 4.74 Å². The largest absolute Gasteiger partial charge is 0.390 e. The summed E-state index contributed by atoms with van der Waals surface area (Å²) in [6.07, 6.45) is 6.56. The number of methoxy groups -OCH3 is 1. The van der Waals surface area contributed by atoms with Crippen molar-refractivity contribution in [2.75, 3.05) is 13.7 Å². The Bertz CT molecular complexity index is 609. The molecular formula is C14H22N2O4S. The summed E-state index contributed by atoms with van der Waals surface area (Å²) in [5, 5.41) is 9.36. The first kappa shape index (κ1) is 15.0. The van der Waals surface area contributed by atoms with Gasteiger partial charge >= 0.3 is 0 Å². The smallest absolute Gasteiger partial charge is 0.242 e. The van der Waals surface area contributed by atoms with Crippen LogP contribution in [0.1, 0.15) is 43.8 Å². The molecule has 0 radical (unpaired) electrons. The summed E-state index contributed by atoms with van der Waals surface area (Å²) in [4.78, 5) is 0.226. The molecule has 0 aliphatic heterocycles. The number of nitrogens with zero attached hydrogens (tertiary/aromatic N) is 1. The highest BCUT2D eigenvalue weighted by Crippen LogP contribution is 2.37. The Hall–Kier alpha value is -0.890. The predicted molar refractivity (Wildman–Crippen MR) is 77.4 cm³/mol. The van der Waals surface area contributed by atoms with E-state index < -0.39 is 10.0 Å². The summed E-state index contributed by atoms with van der Waals surface area (Å²) >= 11 is 0. The van der Waals surface area contributed by atoms with E-state index in [9.17, 15) is 13.5 Å². The number of ether oxygens (including phenoxy) is 1. The number of rotatable bonds is 7. The first-order chi connectivity index (χ1) is 10.00. The van der Waals surface area contributed by atoms with Gasteiger partial charge in [0.25, 0.3) is 0 Å². The summed E-state index contributed by atoms with van der Waals surface area (Å²) < 4.78 is 34.8. The molecule has 21 heavy (non-hydrogen) atoms. The van der Waals surface area contributed by atoms with Crippen LogP contribution in [0.2, 0.25) is 0 Å². The van der Waals surface area contributed by atoms with Crippen LogP contribution >= 0.6 is 0 Å². The fraction of sp³-hybridized carbons (Fsp3) is 0.714. The highest BCUT2D eigenvalue weighted by atomic mass is 32.2. The maximum Gasteiger partial charge on any atom is 0.242 e. The van der Waals surface area contributed by atoms with E-state index in [0.717, 1.165) is 32.1 Å². The van der Waals surface area contributed by atoms with E-state index in [1.807, 2.05) is 4.57 Å². The van der Waals surface area contributed by atoms with Gasteiger partial charge in [-0.05, 0) is 38.2 Å². The molecule has 2 N–H and O–H groups in total. The minimum absolute atomic E-state index is 0.145. The SMILES string of the molecule is COC1(CNS(=O)(=O)c2cc(CO)n(C3CC3)c2)CCC1.